The molecule has 120 valence electrons. The van der Waals surface area contributed by atoms with Gasteiger partial charge >= 0.3 is 0 Å². The van der Waals surface area contributed by atoms with Gasteiger partial charge in [0.1, 0.15) is 0 Å². The van der Waals surface area contributed by atoms with E-state index in [1.807, 2.05) is 0 Å². The number of rotatable bonds is 7. The first-order valence-corrected chi connectivity index (χ1v) is 9.24. The average molecular weight is 314 g/mol. The Labute approximate surface area is 128 Å². The summed E-state index contributed by atoms with van der Waals surface area (Å²) in [5.74, 6) is 3.14. The van der Waals surface area contributed by atoms with Crippen molar-refractivity contribution in [3.05, 3.63) is 0 Å². The van der Waals surface area contributed by atoms with Gasteiger partial charge < -0.3 is 10.6 Å². The first-order valence-electron chi connectivity index (χ1n) is 7.42. The summed E-state index contributed by atoms with van der Waals surface area (Å²) in [6, 6.07) is -0.281. The summed E-state index contributed by atoms with van der Waals surface area (Å²) < 4.78 is 23.2. The largest absolute Gasteiger partial charge is 0.330 e. The van der Waals surface area contributed by atoms with Crippen molar-refractivity contribution in [2.75, 3.05) is 24.6 Å². The zero-order valence-corrected chi connectivity index (χ0v) is 13.7. The molecule has 1 aliphatic rings. The molecule has 0 aliphatic carbocycles. The summed E-state index contributed by atoms with van der Waals surface area (Å²) in [5.41, 5.74) is 5.73. The molecule has 0 aromatic heterocycles. The first kappa shape index (κ1) is 18.0. The number of hydrogen-bond acceptors (Lipinski definition) is 4. The smallest absolute Gasteiger partial charge is 0.223 e. The van der Waals surface area contributed by atoms with Crippen LogP contribution >= 0.6 is 0 Å². The zero-order valence-electron chi connectivity index (χ0n) is 12.9. The highest BCUT2D eigenvalue weighted by Gasteiger charge is 2.34. The van der Waals surface area contributed by atoms with Crippen LogP contribution in [0.3, 0.4) is 0 Å². The number of sulfone groups is 1. The van der Waals surface area contributed by atoms with Gasteiger partial charge in [-0.2, -0.15) is 0 Å². The lowest BCUT2D eigenvalue weighted by atomic mass is 9.93. The van der Waals surface area contributed by atoms with E-state index in [4.69, 9.17) is 12.2 Å². The van der Waals surface area contributed by atoms with Gasteiger partial charge in [-0.05, 0) is 31.2 Å². The van der Waals surface area contributed by atoms with Crippen LogP contribution in [0.4, 0.5) is 0 Å². The van der Waals surface area contributed by atoms with Gasteiger partial charge in [-0.25, -0.2) is 8.42 Å². The molecule has 21 heavy (non-hydrogen) atoms. The number of hydrogen-bond donors (Lipinski definition) is 1. The number of nitrogens with two attached hydrogens (primary N) is 1. The van der Waals surface area contributed by atoms with Crippen molar-refractivity contribution in [2.24, 2.45) is 17.6 Å². The fourth-order valence-corrected chi connectivity index (χ4v) is 4.56. The lowest BCUT2D eigenvalue weighted by Crippen LogP contribution is -2.42. The molecule has 0 aromatic carbocycles. The quantitative estimate of drug-likeness (QED) is 0.700. The van der Waals surface area contributed by atoms with Crippen molar-refractivity contribution < 1.29 is 13.2 Å². The maximum Gasteiger partial charge on any atom is 0.223 e. The molecule has 1 aliphatic heterocycles. The minimum Gasteiger partial charge on any atom is -0.330 e. The molecule has 1 saturated heterocycles. The lowest BCUT2D eigenvalue weighted by molar-refractivity contribution is -0.133. The third-order valence-corrected chi connectivity index (χ3v) is 5.58. The summed E-state index contributed by atoms with van der Waals surface area (Å²) in [7, 11) is -3.03. The van der Waals surface area contributed by atoms with Gasteiger partial charge in [-0.3, -0.25) is 4.79 Å². The van der Waals surface area contributed by atoms with Crippen LogP contribution in [0.5, 0.6) is 0 Å². The molecule has 2 atom stereocenters. The molecule has 2 N–H and O–H groups in total. The Kier molecular flexibility index (Phi) is 6.69. The number of nitrogens with zero attached hydrogens (tertiary/aromatic N) is 1. The summed E-state index contributed by atoms with van der Waals surface area (Å²) in [5, 5.41) is 0. The fourth-order valence-electron chi connectivity index (χ4n) is 2.83. The van der Waals surface area contributed by atoms with E-state index in [-0.39, 0.29) is 35.9 Å². The monoisotopic (exact) mass is 314 g/mol. The van der Waals surface area contributed by atoms with E-state index in [0.717, 1.165) is 6.42 Å². The highest BCUT2D eigenvalue weighted by atomic mass is 32.2. The van der Waals surface area contributed by atoms with Crippen LogP contribution in [-0.4, -0.2) is 49.9 Å². The predicted octanol–water partition coefficient (Wildman–Crippen LogP) is 0.646. The minimum atomic E-state index is -3.03. The van der Waals surface area contributed by atoms with Crippen molar-refractivity contribution >= 4 is 15.7 Å². The molecular weight excluding hydrogens is 288 g/mol. The highest BCUT2D eigenvalue weighted by Crippen LogP contribution is 2.21. The van der Waals surface area contributed by atoms with Crippen molar-refractivity contribution in [2.45, 2.75) is 39.2 Å². The molecule has 0 spiro atoms. The molecule has 1 rings (SSSR count). The van der Waals surface area contributed by atoms with Crippen molar-refractivity contribution in [1.29, 1.82) is 0 Å². The Morgan fingerprint density at radius 1 is 1.48 bits per heavy atom. The molecule has 0 radical (unpaired) electrons. The molecule has 0 saturated carbocycles. The zero-order chi connectivity index (χ0) is 16.0. The Morgan fingerprint density at radius 3 is 2.57 bits per heavy atom. The van der Waals surface area contributed by atoms with E-state index in [1.54, 1.807) is 4.90 Å². The number of carbonyl (C=O) groups excluding carboxylic acids is 1. The number of terminal acetylenes is 1. The van der Waals surface area contributed by atoms with Gasteiger partial charge in [0.15, 0.2) is 9.84 Å². The summed E-state index contributed by atoms with van der Waals surface area (Å²) in [6.07, 6.45) is 7.03. The second-order valence-corrected chi connectivity index (χ2v) is 8.45. The summed E-state index contributed by atoms with van der Waals surface area (Å²) >= 11 is 0. The standard InChI is InChI=1S/C15H26N2O3S/c1-4-6-17(14-5-7-21(19,20)11-14)15(18)9-13(10-16)8-12(2)3/h1,12-14H,5-11,16H2,2-3H3/t13-,14?/m0/s1. The second kappa shape index (κ2) is 7.81. The lowest BCUT2D eigenvalue weighted by Gasteiger charge is -2.28. The Morgan fingerprint density at radius 2 is 2.14 bits per heavy atom. The van der Waals surface area contributed by atoms with Gasteiger partial charge in [-0.1, -0.05) is 19.8 Å². The average Bonchev–Trinajstić information content (AvgIpc) is 2.74. The molecular formula is C15H26N2O3S. The van der Waals surface area contributed by atoms with Gasteiger partial charge in [-0.15, -0.1) is 6.42 Å². The Balaban J connectivity index is 2.72. The van der Waals surface area contributed by atoms with Gasteiger partial charge in [0.05, 0.1) is 18.1 Å². The van der Waals surface area contributed by atoms with E-state index in [1.165, 1.54) is 0 Å². The van der Waals surface area contributed by atoms with Crippen molar-refractivity contribution in [1.82, 2.24) is 4.90 Å². The molecule has 5 nitrogen and oxygen atoms in total. The second-order valence-electron chi connectivity index (χ2n) is 6.22. The molecule has 1 heterocycles. The van der Waals surface area contributed by atoms with Crippen LogP contribution in [0.25, 0.3) is 0 Å². The van der Waals surface area contributed by atoms with Crippen LogP contribution in [0, 0.1) is 24.2 Å². The molecule has 1 amide bonds. The maximum atomic E-state index is 12.5. The molecule has 0 bridgehead atoms. The molecule has 1 unspecified atom stereocenters. The van der Waals surface area contributed by atoms with Gasteiger partial charge in [0, 0.05) is 12.5 Å². The van der Waals surface area contributed by atoms with Crippen LogP contribution in [0.15, 0.2) is 0 Å². The normalized spacial score (nSPS) is 22.0. The summed E-state index contributed by atoms with van der Waals surface area (Å²) in [6.45, 7) is 4.81. The predicted molar refractivity (Wildman–Crippen MR) is 84.2 cm³/mol. The SMILES string of the molecule is C#CCN(C(=O)C[C@@H](CN)CC(C)C)C1CCS(=O)(=O)C1. The fraction of sp³-hybridized carbons (Fsp3) is 0.800. The minimum absolute atomic E-state index is 0.0257. The Bertz CT molecular complexity index is 494. The first-order chi connectivity index (χ1) is 9.79. The maximum absolute atomic E-state index is 12.5. The van der Waals surface area contributed by atoms with Crippen molar-refractivity contribution in [3.8, 4) is 12.3 Å². The van der Waals surface area contributed by atoms with Crippen molar-refractivity contribution in [3.63, 3.8) is 0 Å². The molecule has 6 heteroatoms. The topological polar surface area (TPSA) is 80.5 Å². The van der Waals surface area contributed by atoms with Gasteiger partial charge in [0.2, 0.25) is 5.91 Å². The van der Waals surface area contributed by atoms with Crippen LogP contribution < -0.4 is 5.73 Å². The van der Waals surface area contributed by atoms with Gasteiger partial charge in [0.25, 0.3) is 0 Å². The van der Waals surface area contributed by atoms with E-state index < -0.39 is 9.84 Å². The van der Waals surface area contributed by atoms with E-state index in [9.17, 15) is 13.2 Å². The third-order valence-electron chi connectivity index (χ3n) is 3.83. The van der Waals surface area contributed by atoms with Crippen LogP contribution in [0.2, 0.25) is 0 Å². The molecule has 1 fully saturated rings. The Hall–Kier alpha value is -1.06. The molecule has 0 aromatic rings. The third kappa shape index (κ3) is 5.68. The van der Waals surface area contributed by atoms with E-state index >= 15 is 0 Å². The van der Waals surface area contributed by atoms with E-state index in [2.05, 4.69) is 19.8 Å². The highest BCUT2D eigenvalue weighted by molar-refractivity contribution is 7.91. The van der Waals surface area contributed by atoms with E-state index in [0.29, 0.717) is 25.3 Å². The van der Waals surface area contributed by atoms with Crippen LogP contribution in [0.1, 0.15) is 33.1 Å². The van der Waals surface area contributed by atoms with Crippen LogP contribution in [-0.2, 0) is 14.6 Å². The summed E-state index contributed by atoms with van der Waals surface area (Å²) in [4.78, 5) is 14.0. The number of amides is 1. The number of carbonyl (C=O) groups is 1.